The summed E-state index contributed by atoms with van der Waals surface area (Å²) in [5, 5.41) is 31.4. The standard InChI is InChI=1S/C24H37B7O3/c1-6-16(32)23(33)11(4)15(26)9-13-7-8-14(21(30)22(31)19(28)12(5)25)17(20(13)29)24(34)18(27)10(2)3/h1,14,17,21,32-34H,2,5,7-9,25-31H2,3-4H3/b15-11+,22-19-,23-16-,24-18-. The first kappa shape index (κ1) is 29.6. The third-order valence-electron chi connectivity index (χ3n) is 7.94. The Morgan fingerprint density at radius 1 is 1.09 bits per heavy atom. The van der Waals surface area contributed by atoms with E-state index in [0.717, 1.165) is 34.8 Å². The normalized spacial score (nSPS) is 22.4. The van der Waals surface area contributed by atoms with Gasteiger partial charge >= 0.3 is 0 Å². The summed E-state index contributed by atoms with van der Waals surface area (Å²) >= 11 is 0. The number of aliphatic hydroxyl groups is 3. The summed E-state index contributed by atoms with van der Waals surface area (Å²) in [5.41, 5.74) is 9.24. The summed E-state index contributed by atoms with van der Waals surface area (Å²) in [6.07, 6.45) is 7.73. The van der Waals surface area contributed by atoms with Crippen molar-refractivity contribution in [2.75, 3.05) is 0 Å². The molecule has 0 saturated carbocycles. The van der Waals surface area contributed by atoms with Crippen LogP contribution in [0.15, 0.2) is 80.0 Å². The van der Waals surface area contributed by atoms with Crippen LogP contribution in [-0.4, -0.2) is 70.2 Å². The molecule has 0 spiro atoms. The SMILES string of the molecule is BC(=C)/C(B)=C(/B)C(B)C1CCC(C/C(B)=C(C)\C(O)=C(\O)C#C)=C(B)C1/C(O)=C(/B)C(=C)C. The smallest absolute Gasteiger partial charge is 0.210 e. The van der Waals surface area contributed by atoms with E-state index in [0.29, 0.717) is 17.8 Å². The van der Waals surface area contributed by atoms with Gasteiger partial charge < -0.3 is 15.3 Å². The molecule has 0 bridgehead atoms. The summed E-state index contributed by atoms with van der Waals surface area (Å²) in [7, 11) is 14.6. The molecule has 0 saturated heterocycles. The van der Waals surface area contributed by atoms with Gasteiger partial charge in [0.1, 0.15) is 54.9 Å². The Hall–Kier alpha value is -2.41. The quantitative estimate of drug-likeness (QED) is 0.197. The average Bonchev–Trinajstić information content (AvgIpc) is 2.80. The van der Waals surface area contributed by atoms with Gasteiger partial charge in [-0.15, -0.1) is 34.9 Å². The summed E-state index contributed by atoms with van der Waals surface area (Å²) < 4.78 is 0. The van der Waals surface area contributed by atoms with Crippen molar-refractivity contribution in [2.45, 2.75) is 38.9 Å². The van der Waals surface area contributed by atoms with Crippen LogP contribution in [0.3, 0.4) is 0 Å². The molecule has 0 radical (unpaired) electrons. The van der Waals surface area contributed by atoms with Crippen LogP contribution in [0.4, 0.5) is 0 Å². The van der Waals surface area contributed by atoms with Crippen molar-refractivity contribution in [1.82, 2.24) is 0 Å². The molecule has 0 amide bonds. The molecule has 3 unspecified atom stereocenters. The predicted molar refractivity (Wildman–Crippen MR) is 166 cm³/mol. The molecule has 1 aliphatic carbocycles. The number of aliphatic hydroxyl groups excluding tert-OH is 3. The summed E-state index contributed by atoms with van der Waals surface area (Å²) in [6, 6.07) is 0. The molecule has 34 heavy (non-hydrogen) atoms. The molecule has 0 aromatic heterocycles. The van der Waals surface area contributed by atoms with Crippen molar-refractivity contribution in [1.29, 1.82) is 0 Å². The molecule has 3 N–H and O–H groups in total. The van der Waals surface area contributed by atoms with Crippen molar-refractivity contribution in [3.8, 4) is 12.3 Å². The zero-order valence-electron chi connectivity index (χ0n) is 22.7. The number of allylic oxidation sites excluding steroid dienone is 10. The minimum Gasteiger partial charge on any atom is -0.512 e. The maximum absolute atomic E-state index is 11.4. The predicted octanol–water partition coefficient (Wildman–Crippen LogP) is -0.817. The number of terminal acetylenes is 1. The number of rotatable bonds is 8. The molecule has 0 aromatic rings. The Labute approximate surface area is 213 Å². The summed E-state index contributed by atoms with van der Waals surface area (Å²) in [6.45, 7) is 11.9. The van der Waals surface area contributed by atoms with E-state index in [2.05, 4.69) is 50.5 Å². The molecular formula is C24H37B7O3. The highest BCUT2D eigenvalue weighted by Crippen LogP contribution is 2.46. The second kappa shape index (κ2) is 12.3. The molecule has 10 heteroatoms. The van der Waals surface area contributed by atoms with Crippen molar-refractivity contribution in [3.63, 3.8) is 0 Å². The van der Waals surface area contributed by atoms with Crippen LogP contribution < -0.4 is 0 Å². The molecule has 0 aromatic carbocycles. The van der Waals surface area contributed by atoms with Crippen LogP contribution in [0.1, 0.15) is 33.1 Å². The lowest BCUT2D eigenvalue weighted by atomic mass is 9.52. The van der Waals surface area contributed by atoms with Gasteiger partial charge in [0.25, 0.3) is 0 Å². The lowest BCUT2D eigenvalue weighted by Gasteiger charge is -2.40. The van der Waals surface area contributed by atoms with Crippen LogP contribution in [-0.2, 0) is 0 Å². The van der Waals surface area contributed by atoms with Gasteiger partial charge in [0.2, 0.25) is 5.76 Å². The highest BCUT2D eigenvalue weighted by molar-refractivity contribution is 6.42. The van der Waals surface area contributed by atoms with Gasteiger partial charge in [-0.3, -0.25) is 0 Å². The minimum atomic E-state index is -0.453. The van der Waals surface area contributed by atoms with Crippen molar-refractivity contribution in [2.24, 2.45) is 11.8 Å². The van der Waals surface area contributed by atoms with Crippen LogP contribution in [0.2, 0.25) is 5.82 Å². The van der Waals surface area contributed by atoms with E-state index in [4.69, 9.17) is 6.42 Å². The third-order valence-corrected chi connectivity index (χ3v) is 7.94. The lowest BCUT2D eigenvalue weighted by Crippen LogP contribution is -2.31. The fourth-order valence-electron chi connectivity index (χ4n) is 4.77. The topological polar surface area (TPSA) is 60.7 Å². The van der Waals surface area contributed by atoms with Gasteiger partial charge in [0.05, 0.1) is 5.76 Å². The Balaban J connectivity index is 3.64. The summed E-state index contributed by atoms with van der Waals surface area (Å²) in [5.74, 6) is 2.18. The van der Waals surface area contributed by atoms with Gasteiger partial charge in [0.15, 0.2) is 5.76 Å². The molecule has 0 heterocycles. The highest BCUT2D eigenvalue weighted by Gasteiger charge is 2.36. The van der Waals surface area contributed by atoms with Crippen molar-refractivity contribution in [3.05, 3.63) is 80.0 Å². The third kappa shape index (κ3) is 6.59. The second-order valence-electron chi connectivity index (χ2n) is 10.1. The Kier molecular flexibility index (Phi) is 10.8. The van der Waals surface area contributed by atoms with Gasteiger partial charge in [0, 0.05) is 5.92 Å². The number of hydrogen-bond acceptors (Lipinski definition) is 3. The van der Waals surface area contributed by atoms with E-state index in [-0.39, 0.29) is 23.4 Å². The van der Waals surface area contributed by atoms with E-state index in [1.54, 1.807) is 6.92 Å². The first-order valence-corrected chi connectivity index (χ1v) is 12.0. The number of hydrogen-bond donors (Lipinski definition) is 3. The monoisotopic (exact) mass is 450 g/mol. The van der Waals surface area contributed by atoms with E-state index >= 15 is 0 Å². The van der Waals surface area contributed by atoms with E-state index in [1.165, 1.54) is 22.0 Å². The second-order valence-corrected chi connectivity index (χ2v) is 10.1. The first-order valence-electron chi connectivity index (χ1n) is 12.0. The van der Waals surface area contributed by atoms with E-state index < -0.39 is 5.76 Å². The van der Waals surface area contributed by atoms with Crippen LogP contribution in [0.5, 0.6) is 0 Å². The van der Waals surface area contributed by atoms with Crippen molar-refractivity contribution < 1.29 is 15.3 Å². The maximum Gasteiger partial charge on any atom is 0.210 e. The Morgan fingerprint density at radius 3 is 2.12 bits per heavy atom. The van der Waals surface area contributed by atoms with Gasteiger partial charge in [-0.25, -0.2) is 0 Å². The fourth-order valence-corrected chi connectivity index (χ4v) is 4.77. The van der Waals surface area contributed by atoms with Crippen molar-refractivity contribution >= 4 is 54.9 Å². The molecule has 3 nitrogen and oxygen atoms in total. The Morgan fingerprint density at radius 2 is 1.65 bits per heavy atom. The molecule has 0 fully saturated rings. The van der Waals surface area contributed by atoms with E-state index in [9.17, 15) is 15.3 Å². The van der Waals surface area contributed by atoms with Gasteiger partial charge in [-0.1, -0.05) is 29.0 Å². The zero-order valence-corrected chi connectivity index (χ0v) is 22.7. The zero-order chi connectivity index (χ0) is 26.5. The van der Waals surface area contributed by atoms with Crippen LogP contribution in [0, 0.1) is 24.2 Å². The Bertz CT molecular complexity index is 1070. The molecule has 1 rings (SSSR count). The van der Waals surface area contributed by atoms with Gasteiger partial charge in [-0.2, -0.15) is 0 Å². The molecular weight excluding hydrogens is 412 g/mol. The van der Waals surface area contributed by atoms with E-state index in [1.807, 2.05) is 30.5 Å². The summed E-state index contributed by atoms with van der Waals surface area (Å²) in [4.78, 5) is 0. The highest BCUT2D eigenvalue weighted by atomic mass is 16.3. The molecule has 1 aliphatic rings. The van der Waals surface area contributed by atoms with Crippen LogP contribution in [0.25, 0.3) is 0 Å². The van der Waals surface area contributed by atoms with Crippen LogP contribution >= 0.6 is 0 Å². The largest absolute Gasteiger partial charge is 0.512 e. The fraction of sp³-hybridized carbons (Fsp3) is 0.333. The lowest BCUT2D eigenvalue weighted by molar-refractivity contribution is 0.270. The maximum atomic E-state index is 11.4. The first-order chi connectivity index (χ1) is 15.7. The van der Waals surface area contributed by atoms with Gasteiger partial charge in [-0.05, 0) is 56.0 Å². The average molecular weight is 449 g/mol. The molecule has 3 atom stereocenters. The molecule has 172 valence electrons. The minimum absolute atomic E-state index is 0.111. The molecule has 0 aliphatic heterocycles.